The van der Waals surface area contributed by atoms with Crippen LogP contribution in [0.15, 0.2) is 48.8 Å². The van der Waals surface area contributed by atoms with E-state index in [2.05, 4.69) is 9.97 Å². The monoisotopic (exact) mass is 649 g/mol. The van der Waals surface area contributed by atoms with Gasteiger partial charge in [-0.2, -0.15) is 0 Å². The number of ether oxygens (including phenoxy) is 1. The van der Waals surface area contributed by atoms with Gasteiger partial charge in [-0.1, -0.05) is 51.9 Å². The van der Waals surface area contributed by atoms with Gasteiger partial charge >= 0.3 is 0 Å². The van der Waals surface area contributed by atoms with Gasteiger partial charge in [0.25, 0.3) is 5.91 Å². The largest absolute Gasteiger partial charge is 0.396 e. The zero-order valence-corrected chi connectivity index (χ0v) is 25.4. The molecule has 0 radical (unpaired) electrons. The van der Waals surface area contributed by atoms with Crippen LogP contribution in [0.25, 0.3) is 11.1 Å². The first kappa shape index (κ1) is 30.4. The summed E-state index contributed by atoms with van der Waals surface area (Å²) in [6.45, 7) is -0.846. The van der Waals surface area contributed by atoms with E-state index in [1.165, 1.54) is 12.4 Å². The Morgan fingerprint density at radius 3 is 2.30 bits per heavy atom. The predicted octanol–water partition coefficient (Wildman–Crippen LogP) is 4.51. The molecule has 13 heteroatoms. The van der Waals surface area contributed by atoms with E-state index in [9.17, 15) is 23.4 Å². The summed E-state index contributed by atoms with van der Waals surface area (Å²) >= 11 is 12.1. The minimum absolute atomic E-state index is 0.0191. The number of fused-ring (bicyclic) bond motifs is 1. The number of rotatable bonds is 9. The zero-order valence-electron chi connectivity index (χ0n) is 23.0. The van der Waals surface area contributed by atoms with Crippen molar-refractivity contribution in [3.05, 3.63) is 81.4 Å². The molecule has 3 heterocycles. The summed E-state index contributed by atoms with van der Waals surface area (Å²) in [7, 11) is -3.26. The highest BCUT2D eigenvalue weighted by Gasteiger charge is 2.61. The Bertz CT molecular complexity index is 1640. The molecule has 2 atom stereocenters. The average molecular weight is 651 g/mol. The normalized spacial score (nSPS) is 23.3. The lowest BCUT2D eigenvalue weighted by Gasteiger charge is -2.44. The highest BCUT2D eigenvalue weighted by atomic mass is 35.5. The first-order valence-electron chi connectivity index (χ1n) is 14.0. The average Bonchev–Trinajstić information content (AvgIpc) is 3.69. The summed E-state index contributed by atoms with van der Waals surface area (Å²) in [6.07, 6.45) is 4.17. The van der Waals surface area contributed by atoms with E-state index in [4.69, 9.17) is 27.9 Å². The number of benzene rings is 2. The molecule has 1 aliphatic carbocycles. The number of hydrogen-bond acceptors (Lipinski definition) is 8. The Kier molecular flexibility index (Phi) is 8.02. The third-order valence-corrected chi connectivity index (χ3v) is 11.0. The molecule has 9 nitrogen and oxygen atoms in total. The second-order valence-electron chi connectivity index (χ2n) is 11.6. The van der Waals surface area contributed by atoms with Crippen LogP contribution < -0.4 is 0 Å². The van der Waals surface area contributed by atoms with Gasteiger partial charge in [0.1, 0.15) is 15.7 Å². The topological polar surface area (TPSA) is 130 Å². The number of halogens is 3. The Hall–Kier alpha value is -2.67. The van der Waals surface area contributed by atoms with Crippen molar-refractivity contribution in [1.82, 2.24) is 15.1 Å². The van der Waals surface area contributed by atoms with Crippen molar-refractivity contribution in [1.29, 1.82) is 0 Å². The van der Waals surface area contributed by atoms with E-state index < -0.39 is 45.5 Å². The molecule has 43 heavy (non-hydrogen) atoms. The number of aliphatic hydroxyl groups excluding tert-OH is 1. The Morgan fingerprint density at radius 1 is 1.05 bits per heavy atom. The Balaban J connectivity index is 1.54. The first-order chi connectivity index (χ1) is 20.5. The van der Waals surface area contributed by atoms with Crippen LogP contribution in [-0.2, 0) is 26.7 Å². The van der Waals surface area contributed by atoms with E-state index in [0.717, 1.165) is 5.56 Å². The fourth-order valence-electron chi connectivity index (χ4n) is 6.24. The van der Waals surface area contributed by atoms with Crippen molar-refractivity contribution >= 4 is 38.9 Å². The first-order valence-corrected chi connectivity index (χ1v) is 16.6. The van der Waals surface area contributed by atoms with Crippen molar-refractivity contribution in [3.8, 4) is 11.1 Å². The number of hydrogen-bond donors (Lipinski definition) is 2. The summed E-state index contributed by atoms with van der Waals surface area (Å²) < 4.78 is 47.4. The van der Waals surface area contributed by atoms with Crippen LogP contribution in [0.5, 0.6) is 0 Å². The maximum Gasteiger partial charge on any atom is 0.285 e. The van der Waals surface area contributed by atoms with Crippen LogP contribution in [0.4, 0.5) is 4.48 Å². The van der Waals surface area contributed by atoms with Crippen LogP contribution in [0.2, 0.25) is 10.0 Å². The van der Waals surface area contributed by atoms with Gasteiger partial charge < -0.3 is 14.9 Å². The van der Waals surface area contributed by atoms with Crippen LogP contribution in [0, 0.1) is 11.8 Å². The van der Waals surface area contributed by atoms with Crippen LogP contribution in [0.3, 0.4) is 0 Å². The number of aliphatic hydroxyl groups is 2. The molecule has 1 saturated heterocycles. The summed E-state index contributed by atoms with van der Waals surface area (Å²) in [5, 5.41) is 22.3. The lowest BCUT2D eigenvalue weighted by Crippen LogP contribution is -2.53. The van der Waals surface area contributed by atoms with Crippen molar-refractivity contribution in [2.75, 3.05) is 24.7 Å². The number of nitrogens with zero attached hydrogens (tertiary/aromatic N) is 3. The zero-order chi connectivity index (χ0) is 30.6. The quantitative estimate of drug-likeness (QED) is 0.324. The highest BCUT2D eigenvalue weighted by molar-refractivity contribution is 7.91. The van der Waals surface area contributed by atoms with Crippen molar-refractivity contribution < 1.29 is 32.6 Å². The van der Waals surface area contributed by atoms with Gasteiger partial charge in [-0.05, 0) is 60.4 Å². The lowest BCUT2D eigenvalue weighted by atomic mass is 9.76. The van der Waals surface area contributed by atoms with Crippen molar-refractivity contribution in [2.45, 2.75) is 43.4 Å². The summed E-state index contributed by atoms with van der Waals surface area (Å²) in [4.78, 5) is 22.6. The molecule has 2 aromatic carbocycles. The van der Waals surface area contributed by atoms with Crippen LogP contribution in [0.1, 0.15) is 53.0 Å². The molecule has 1 aromatic heterocycles. The van der Waals surface area contributed by atoms with Gasteiger partial charge in [0.15, 0.2) is 0 Å². The smallest absolute Gasteiger partial charge is 0.285 e. The molecule has 1 unspecified atom stereocenters. The highest BCUT2D eigenvalue weighted by Crippen LogP contribution is 2.53. The van der Waals surface area contributed by atoms with Gasteiger partial charge in [0.2, 0.25) is 5.72 Å². The van der Waals surface area contributed by atoms with Gasteiger partial charge in [-0.15, -0.1) is 5.12 Å². The molecule has 0 spiro atoms. The minimum atomic E-state index is -3.26. The molecule has 228 valence electrons. The number of carbonyl (C=O) groups excluding carboxylic acids is 1. The Labute approximate surface area is 258 Å². The molecule has 3 aliphatic rings. The van der Waals surface area contributed by atoms with E-state index >= 15 is 4.48 Å². The number of sulfone groups is 1. The SMILES string of the molecule is O=C1c2c(ccc(-c3ccc(Cl)cc3)c2Cc2ncc(Cl)cn2)[C@](OCC2(O)CC2)(C(CO)C2CCS(=O)(=O)CC2)N1F. The molecule has 3 aromatic rings. The molecule has 2 fully saturated rings. The predicted molar refractivity (Wildman–Crippen MR) is 158 cm³/mol. The molecule has 6 rings (SSSR count). The lowest BCUT2D eigenvalue weighted by molar-refractivity contribution is -0.261. The van der Waals surface area contributed by atoms with Crippen LogP contribution >= 0.6 is 23.2 Å². The molecule has 2 N–H and O–H groups in total. The second-order valence-corrected chi connectivity index (χ2v) is 14.8. The summed E-state index contributed by atoms with van der Waals surface area (Å²) in [5.41, 5.74) is -1.25. The fraction of sp³-hybridized carbons (Fsp3) is 0.433. The maximum atomic E-state index is 16.7. The fourth-order valence-corrected chi connectivity index (χ4v) is 7.99. The molecule has 0 bridgehead atoms. The van der Waals surface area contributed by atoms with E-state index in [1.807, 2.05) is 0 Å². The molecule has 1 amide bonds. The number of amides is 1. The third kappa shape index (κ3) is 5.67. The second kappa shape index (κ2) is 11.4. The minimum Gasteiger partial charge on any atom is -0.396 e. The van der Waals surface area contributed by atoms with Crippen molar-refractivity contribution in [2.24, 2.45) is 11.8 Å². The third-order valence-electron chi connectivity index (χ3n) is 8.80. The molecular weight excluding hydrogens is 620 g/mol. The van der Waals surface area contributed by atoms with E-state index in [1.54, 1.807) is 36.4 Å². The standard InChI is InChI=1S/C30H30Cl2FN3O6S/c31-20-3-1-18(2-4-20)22-5-6-24-27(23(22)13-26-34-14-21(32)15-35-26)28(38)36(33)30(24,42-17-29(39)9-10-29)25(16-37)19-7-11-43(40,41)12-8-19/h1-6,14-15,19,25,37,39H,7-13,16-17H2/t25?,30-/m0/s1. The van der Waals surface area contributed by atoms with E-state index in [-0.39, 0.29) is 53.6 Å². The van der Waals surface area contributed by atoms with E-state index in [0.29, 0.717) is 39.8 Å². The van der Waals surface area contributed by atoms with Gasteiger partial charge in [-0.3, -0.25) is 4.79 Å². The van der Waals surface area contributed by atoms with Gasteiger partial charge in [0.05, 0.1) is 40.9 Å². The number of aromatic nitrogens is 2. The van der Waals surface area contributed by atoms with Crippen LogP contribution in [-0.4, -0.2) is 69.9 Å². The molecule has 1 saturated carbocycles. The summed E-state index contributed by atoms with van der Waals surface area (Å²) in [6, 6.07) is 10.4. The van der Waals surface area contributed by atoms with Gasteiger partial charge in [0, 0.05) is 35.3 Å². The molecular formula is C30H30Cl2FN3O6S. The Morgan fingerprint density at radius 2 is 1.70 bits per heavy atom. The summed E-state index contributed by atoms with van der Waals surface area (Å²) in [5.74, 6) is -2.35. The number of carbonyl (C=O) groups is 1. The molecule has 2 aliphatic heterocycles. The van der Waals surface area contributed by atoms with Crippen molar-refractivity contribution in [3.63, 3.8) is 0 Å². The van der Waals surface area contributed by atoms with Gasteiger partial charge in [-0.25, -0.2) is 18.4 Å². The maximum absolute atomic E-state index is 16.7.